The second kappa shape index (κ2) is 12.0. The molecule has 0 fully saturated rings. The van der Waals surface area contributed by atoms with Gasteiger partial charge in [0.15, 0.2) is 6.10 Å². The van der Waals surface area contributed by atoms with Gasteiger partial charge in [-0.05, 0) is 87.4 Å². The summed E-state index contributed by atoms with van der Waals surface area (Å²) in [6.07, 6.45) is 0.604. The molecule has 2 amide bonds. The van der Waals surface area contributed by atoms with Gasteiger partial charge in [0.1, 0.15) is 16.5 Å². The molecule has 9 nitrogen and oxygen atoms in total. The average Bonchev–Trinajstić information content (AvgIpc) is 3.13. The number of hydrogen-bond acceptors (Lipinski definition) is 8. The first-order valence-corrected chi connectivity index (χ1v) is 12.0. The SMILES string of the molecule is CCOC(=O)c1c(NC(=O)c2ccc(O[C@@H](C)C(=O)N/N=C/c3ccc(O)cc3)cc2)sc(C)c1C. The van der Waals surface area contributed by atoms with Crippen molar-refractivity contribution in [1.82, 2.24) is 5.43 Å². The van der Waals surface area contributed by atoms with Gasteiger partial charge in [0.05, 0.1) is 18.4 Å². The van der Waals surface area contributed by atoms with E-state index in [9.17, 15) is 19.5 Å². The summed E-state index contributed by atoms with van der Waals surface area (Å²) < 4.78 is 10.8. The van der Waals surface area contributed by atoms with Crippen molar-refractivity contribution in [3.05, 3.63) is 75.7 Å². The number of phenols is 1. The normalized spacial score (nSPS) is 11.7. The molecule has 1 aromatic heterocycles. The van der Waals surface area contributed by atoms with Gasteiger partial charge in [-0.3, -0.25) is 9.59 Å². The van der Waals surface area contributed by atoms with Gasteiger partial charge in [-0.1, -0.05) is 0 Å². The predicted octanol–water partition coefficient (Wildman–Crippen LogP) is 4.42. The van der Waals surface area contributed by atoms with Crippen molar-refractivity contribution >= 4 is 40.3 Å². The molecular weight excluding hydrogens is 482 g/mol. The van der Waals surface area contributed by atoms with Crippen LogP contribution in [0.3, 0.4) is 0 Å². The van der Waals surface area contributed by atoms with Crippen molar-refractivity contribution in [3.63, 3.8) is 0 Å². The monoisotopic (exact) mass is 509 g/mol. The third-order valence-corrected chi connectivity index (χ3v) is 6.29. The fourth-order valence-electron chi connectivity index (χ4n) is 3.10. The lowest BCUT2D eigenvalue weighted by molar-refractivity contribution is -0.127. The maximum Gasteiger partial charge on any atom is 0.341 e. The summed E-state index contributed by atoms with van der Waals surface area (Å²) in [5.41, 5.74) is 4.60. The zero-order valence-electron chi connectivity index (χ0n) is 20.3. The van der Waals surface area contributed by atoms with E-state index in [0.717, 1.165) is 10.4 Å². The van der Waals surface area contributed by atoms with Crippen LogP contribution in [0.25, 0.3) is 0 Å². The highest BCUT2D eigenvalue weighted by molar-refractivity contribution is 7.16. The number of nitrogens with zero attached hydrogens (tertiary/aromatic N) is 1. The number of aromatic hydroxyl groups is 1. The van der Waals surface area contributed by atoms with Crippen LogP contribution in [0.1, 0.15) is 50.6 Å². The zero-order chi connectivity index (χ0) is 26.2. The predicted molar refractivity (Wildman–Crippen MR) is 138 cm³/mol. The maximum absolute atomic E-state index is 12.8. The van der Waals surface area contributed by atoms with E-state index in [1.165, 1.54) is 29.7 Å². The number of carbonyl (C=O) groups is 3. The lowest BCUT2D eigenvalue weighted by Gasteiger charge is -2.13. The van der Waals surface area contributed by atoms with Gasteiger partial charge in [-0.2, -0.15) is 5.10 Å². The summed E-state index contributed by atoms with van der Waals surface area (Å²) in [6.45, 7) is 7.23. The van der Waals surface area contributed by atoms with Crippen LogP contribution in [0.5, 0.6) is 11.5 Å². The quantitative estimate of drug-likeness (QED) is 0.223. The highest BCUT2D eigenvalue weighted by atomic mass is 32.1. The minimum atomic E-state index is -0.842. The topological polar surface area (TPSA) is 126 Å². The molecule has 0 aliphatic carbocycles. The van der Waals surface area contributed by atoms with E-state index >= 15 is 0 Å². The molecule has 0 spiro atoms. The number of rotatable bonds is 9. The molecule has 1 heterocycles. The van der Waals surface area contributed by atoms with E-state index < -0.39 is 18.0 Å². The lowest BCUT2D eigenvalue weighted by atomic mass is 10.1. The Balaban J connectivity index is 1.58. The summed E-state index contributed by atoms with van der Waals surface area (Å²) in [7, 11) is 0. The molecule has 1 atom stereocenters. The van der Waals surface area contributed by atoms with Crippen LogP contribution in [0.2, 0.25) is 0 Å². The average molecular weight is 510 g/mol. The van der Waals surface area contributed by atoms with Crippen molar-refractivity contribution < 1.29 is 29.0 Å². The number of aryl methyl sites for hydroxylation is 1. The number of thiophene rings is 1. The van der Waals surface area contributed by atoms with E-state index in [-0.39, 0.29) is 18.3 Å². The van der Waals surface area contributed by atoms with Crippen molar-refractivity contribution in [2.24, 2.45) is 5.10 Å². The maximum atomic E-state index is 12.8. The van der Waals surface area contributed by atoms with Crippen LogP contribution in [-0.2, 0) is 9.53 Å². The Morgan fingerprint density at radius 3 is 2.39 bits per heavy atom. The Kier molecular flexibility index (Phi) is 8.80. The third kappa shape index (κ3) is 6.70. The Bertz CT molecular complexity index is 1270. The molecule has 188 valence electrons. The zero-order valence-corrected chi connectivity index (χ0v) is 21.1. The molecule has 36 heavy (non-hydrogen) atoms. The van der Waals surface area contributed by atoms with E-state index in [0.29, 0.717) is 27.4 Å². The molecule has 3 N–H and O–H groups in total. The van der Waals surface area contributed by atoms with Crippen molar-refractivity contribution in [3.8, 4) is 11.5 Å². The van der Waals surface area contributed by atoms with Crippen LogP contribution in [0.4, 0.5) is 5.00 Å². The molecule has 0 bridgehead atoms. The van der Waals surface area contributed by atoms with Gasteiger partial charge in [0.25, 0.3) is 11.8 Å². The van der Waals surface area contributed by atoms with Crippen LogP contribution in [0, 0.1) is 13.8 Å². The summed E-state index contributed by atoms with van der Waals surface area (Å²) in [5.74, 6) is -0.783. The Labute approximate surface area is 212 Å². The van der Waals surface area contributed by atoms with Crippen LogP contribution < -0.4 is 15.5 Å². The number of esters is 1. The largest absolute Gasteiger partial charge is 0.508 e. The first-order valence-electron chi connectivity index (χ1n) is 11.2. The van der Waals surface area contributed by atoms with Gasteiger partial charge in [0, 0.05) is 10.4 Å². The Morgan fingerprint density at radius 2 is 1.75 bits per heavy atom. The molecular formula is C26H27N3O6S. The van der Waals surface area contributed by atoms with Crippen molar-refractivity contribution in [2.75, 3.05) is 11.9 Å². The smallest absolute Gasteiger partial charge is 0.341 e. The molecule has 0 radical (unpaired) electrons. The van der Waals surface area contributed by atoms with E-state index in [2.05, 4.69) is 15.8 Å². The van der Waals surface area contributed by atoms with Crippen LogP contribution in [0.15, 0.2) is 53.6 Å². The number of hydrogen-bond donors (Lipinski definition) is 3. The standard InChI is InChI=1S/C26H27N3O6S/c1-5-34-26(33)22-15(2)17(4)36-25(22)28-24(32)19-8-12-21(13-9-19)35-16(3)23(31)29-27-14-18-6-10-20(30)11-7-18/h6-14,16,30H,5H2,1-4H3,(H,28,32)(H,29,31)/b27-14+/t16-/m0/s1. The summed E-state index contributed by atoms with van der Waals surface area (Å²) in [6, 6.07) is 12.6. The van der Waals surface area contributed by atoms with Gasteiger partial charge in [-0.25, -0.2) is 10.2 Å². The van der Waals surface area contributed by atoms with E-state index in [4.69, 9.17) is 9.47 Å². The highest BCUT2D eigenvalue weighted by Gasteiger charge is 2.22. The molecule has 0 saturated heterocycles. The number of phenolic OH excluding ortho intramolecular Hbond substituents is 1. The van der Waals surface area contributed by atoms with Crippen LogP contribution >= 0.6 is 11.3 Å². The van der Waals surface area contributed by atoms with Gasteiger partial charge in [0.2, 0.25) is 0 Å². The summed E-state index contributed by atoms with van der Waals surface area (Å²) in [5, 5.41) is 16.4. The van der Waals surface area contributed by atoms with Crippen molar-refractivity contribution in [1.29, 1.82) is 0 Å². The number of nitrogens with one attached hydrogen (secondary N) is 2. The molecule has 0 aliphatic heterocycles. The Morgan fingerprint density at radius 1 is 1.08 bits per heavy atom. The van der Waals surface area contributed by atoms with E-state index in [1.807, 2.05) is 13.8 Å². The van der Waals surface area contributed by atoms with Gasteiger partial charge >= 0.3 is 5.97 Å². The molecule has 10 heteroatoms. The molecule has 3 rings (SSSR count). The molecule has 3 aromatic rings. The van der Waals surface area contributed by atoms with Gasteiger partial charge < -0.3 is 19.9 Å². The lowest BCUT2D eigenvalue weighted by Crippen LogP contribution is -2.33. The second-order valence-corrected chi connectivity index (χ2v) is 9.00. The number of ether oxygens (including phenoxy) is 2. The first kappa shape index (κ1) is 26.4. The number of anilines is 1. The fourth-order valence-corrected chi connectivity index (χ4v) is 4.15. The molecule has 2 aromatic carbocycles. The number of carbonyl (C=O) groups excluding carboxylic acids is 3. The minimum Gasteiger partial charge on any atom is -0.508 e. The van der Waals surface area contributed by atoms with E-state index in [1.54, 1.807) is 50.2 Å². The molecule has 0 aliphatic rings. The highest BCUT2D eigenvalue weighted by Crippen LogP contribution is 2.33. The number of hydrazone groups is 1. The fraction of sp³-hybridized carbons (Fsp3) is 0.231. The van der Waals surface area contributed by atoms with Crippen LogP contribution in [-0.4, -0.2) is 41.8 Å². The van der Waals surface area contributed by atoms with Gasteiger partial charge in [-0.15, -0.1) is 11.3 Å². The molecule has 0 saturated carbocycles. The molecule has 0 unspecified atom stereocenters. The minimum absolute atomic E-state index is 0.139. The third-order valence-electron chi connectivity index (χ3n) is 5.17. The van der Waals surface area contributed by atoms with Crippen molar-refractivity contribution in [2.45, 2.75) is 33.8 Å². The summed E-state index contributed by atoms with van der Waals surface area (Å²) in [4.78, 5) is 38.3. The second-order valence-electron chi connectivity index (χ2n) is 7.77. The first-order chi connectivity index (χ1) is 17.2. The number of amides is 2. The summed E-state index contributed by atoms with van der Waals surface area (Å²) >= 11 is 1.31. The Hall–Kier alpha value is -4.18. The number of benzene rings is 2.